The van der Waals surface area contributed by atoms with E-state index in [2.05, 4.69) is 10.3 Å². The van der Waals surface area contributed by atoms with Gasteiger partial charge in [-0.05, 0) is 26.0 Å². The molecule has 1 aromatic rings. The largest absolute Gasteiger partial charge is 0.417 e. The predicted molar refractivity (Wildman–Crippen MR) is 67.2 cm³/mol. The maximum Gasteiger partial charge on any atom is 0.417 e. The van der Waals surface area contributed by atoms with Crippen LogP contribution in [0.2, 0.25) is 0 Å². The Labute approximate surface area is 115 Å². The van der Waals surface area contributed by atoms with Crippen LogP contribution < -0.4 is 5.32 Å². The Kier molecular flexibility index (Phi) is 3.73. The van der Waals surface area contributed by atoms with Crippen molar-refractivity contribution in [1.29, 1.82) is 0 Å². The van der Waals surface area contributed by atoms with Crippen molar-refractivity contribution in [3.05, 3.63) is 29.6 Å². The van der Waals surface area contributed by atoms with Crippen LogP contribution in [-0.2, 0) is 6.18 Å². The first kappa shape index (κ1) is 14.8. The zero-order chi connectivity index (χ0) is 15.0. The number of halogens is 3. The summed E-state index contributed by atoms with van der Waals surface area (Å²) in [6.07, 6.45) is -3.74. The number of hydrogen-bond donors (Lipinski definition) is 1. The Morgan fingerprint density at radius 2 is 2.10 bits per heavy atom. The molecule has 2 heterocycles. The van der Waals surface area contributed by atoms with E-state index in [9.17, 15) is 18.0 Å². The molecule has 0 saturated carbocycles. The summed E-state index contributed by atoms with van der Waals surface area (Å²) in [7, 11) is 0. The SMILES string of the molecule is CC1(C)CNCCN1C(=O)c1ccc(C(F)(F)F)cn1. The van der Waals surface area contributed by atoms with Crippen LogP contribution in [0.15, 0.2) is 18.3 Å². The molecular formula is C13H16F3N3O. The van der Waals surface area contributed by atoms with Gasteiger partial charge in [0, 0.05) is 25.8 Å². The fourth-order valence-corrected chi connectivity index (χ4v) is 2.19. The van der Waals surface area contributed by atoms with Crippen LogP contribution in [0.1, 0.15) is 29.9 Å². The minimum Gasteiger partial charge on any atom is -0.330 e. The van der Waals surface area contributed by atoms with E-state index in [0.717, 1.165) is 12.1 Å². The average molecular weight is 287 g/mol. The van der Waals surface area contributed by atoms with Crippen LogP contribution in [0.3, 0.4) is 0 Å². The van der Waals surface area contributed by atoms with E-state index in [-0.39, 0.29) is 17.1 Å². The number of nitrogens with zero attached hydrogens (tertiary/aromatic N) is 2. The molecule has 1 amide bonds. The quantitative estimate of drug-likeness (QED) is 0.858. The lowest BCUT2D eigenvalue weighted by Gasteiger charge is -2.42. The number of aromatic nitrogens is 1. The molecule has 0 spiro atoms. The monoisotopic (exact) mass is 287 g/mol. The standard InChI is InChI=1S/C13H16F3N3O/c1-12(2)8-17-5-6-19(12)11(20)10-4-3-9(7-18-10)13(14,15)16/h3-4,7,17H,5-6,8H2,1-2H3. The second-order valence-corrected chi connectivity index (χ2v) is 5.38. The summed E-state index contributed by atoms with van der Waals surface area (Å²) in [5.41, 5.74) is -1.21. The topological polar surface area (TPSA) is 45.2 Å². The summed E-state index contributed by atoms with van der Waals surface area (Å²) in [5.74, 6) is -0.342. The molecule has 0 aromatic carbocycles. The first-order valence-corrected chi connectivity index (χ1v) is 6.28. The summed E-state index contributed by atoms with van der Waals surface area (Å²) >= 11 is 0. The van der Waals surface area contributed by atoms with Crippen LogP contribution in [-0.4, -0.2) is 41.0 Å². The van der Waals surface area contributed by atoms with Gasteiger partial charge in [-0.3, -0.25) is 9.78 Å². The van der Waals surface area contributed by atoms with E-state index in [1.807, 2.05) is 13.8 Å². The van der Waals surface area contributed by atoms with Crippen LogP contribution in [0.5, 0.6) is 0 Å². The molecule has 1 aliphatic heterocycles. The van der Waals surface area contributed by atoms with Gasteiger partial charge in [-0.1, -0.05) is 0 Å². The number of carbonyl (C=O) groups is 1. The number of carbonyl (C=O) groups excluding carboxylic acids is 1. The molecule has 7 heteroatoms. The van der Waals surface area contributed by atoms with Crippen molar-refractivity contribution < 1.29 is 18.0 Å². The molecule has 0 aliphatic carbocycles. The maximum atomic E-state index is 12.5. The molecule has 1 aliphatic rings. The van der Waals surface area contributed by atoms with Crippen molar-refractivity contribution in [2.75, 3.05) is 19.6 Å². The third-order valence-corrected chi connectivity index (χ3v) is 3.36. The van der Waals surface area contributed by atoms with Gasteiger partial charge in [0.25, 0.3) is 5.91 Å². The molecule has 0 bridgehead atoms. The van der Waals surface area contributed by atoms with Crippen LogP contribution in [0.25, 0.3) is 0 Å². The molecule has 1 aromatic heterocycles. The van der Waals surface area contributed by atoms with Gasteiger partial charge in [0.1, 0.15) is 5.69 Å². The molecule has 2 rings (SSSR count). The van der Waals surface area contributed by atoms with Crippen molar-refractivity contribution >= 4 is 5.91 Å². The molecule has 0 radical (unpaired) electrons. The van der Waals surface area contributed by atoms with Crippen molar-refractivity contribution in [2.24, 2.45) is 0 Å². The second kappa shape index (κ2) is 5.05. The maximum absolute atomic E-state index is 12.5. The summed E-state index contributed by atoms with van der Waals surface area (Å²) in [6, 6.07) is 2.01. The third-order valence-electron chi connectivity index (χ3n) is 3.36. The second-order valence-electron chi connectivity index (χ2n) is 5.38. The Hall–Kier alpha value is -1.63. The molecule has 110 valence electrons. The minimum atomic E-state index is -4.44. The first-order chi connectivity index (χ1) is 9.22. The third kappa shape index (κ3) is 2.92. The van der Waals surface area contributed by atoms with Gasteiger partial charge in [-0.15, -0.1) is 0 Å². The number of rotatable bonds is 1. The Balaban J connectivity index is 2.21. The van der Waals surface area contributed by atoms with E-state index in [0.29, 0.717) is 25.8 Å². The summed E-state index contributed by atoms with van der Waals surface area (Å²) in [4.78, 5) is 17.6. The normalized spacial score (nSPS) is 18.9. The fourth-order valence-electron chi connectivity index (χ4n) is 2.19. The molecular weight excluding hydrogens is 271 g/mol. The van der Waals surface area contributed by atoms with Gasteiger partial charge in [-0.25, -0.2) is 0 Å². The highest BCUT2D eigenvalue weighted by atomic mass is 19.4. The number of hydrogen-bond acceptors (Lipinski definition) is 3. The van der Waals surface area contributed by atoms with E-state index in [4.69, 9.17) is 0 Å². The molecule has 20 heavy (non-hydrogen) atoms. The van der Waals surface area contributed by atoms with Crippen molar-refractivity contribution in [3.63, 3.8) is 0 Å². The zero-order valence-electron chi connectivity index (χ0n) is 11.3. The summed E-state index contributed by atoms with van der Waals surface area (Å²) < 4.78 is 37.4. The highest BCUT2D eigenvalue weighted by Gasteiger charge is 2.35. The molecule has 1 fully saturated rings. The lowest BCUT2D eigenvalue weighted by Crippen LogP contribution is -2.59. The molecule has 0 atom stereocenters. The smallest absolute Gasteiger partial charge is 0.330 e. The number of nitrogens with one attached hydrogen (secondary N) is 1. The molecule has 0 unspecified atom stereocenters. The number of piperazine rings is 1. The van der Waals surface area contributed by atoms with Crippen molar-refractivity contribution in [1.82, 2.24) is 15.2 Å². The number of pyridine rings is 1. The van der Waals surface area contributed by atoms with Crippen LogP contribution >= 0.6 is 0 Å². The van der Waals surface area contributed by atoms with Crippen molar-refractivity contribution in [3.8, 4) is 0 Å². The number of amides is 1. The summed E-state index contributed by atoms with van der Waals surface area (Å²) in [6.45, 7) is 5.62. The Morgan fingerprint density at radius 1 is 1.40 bits per heavy atom. The highest BCUT2D eigenvalue weighted by Crippen LogP contribution is 2.28. The van der Waals surface area contributed by atoms with E-state index >= 15 is 0 Å². The molecule has 1 N–H and O–H groups in total. The minimum absolute atomic E-state index is 0.0352. The lowest BCUT2D eigenvalue weighted by atomic mass is 9.99. The Morgan fingerprint density at radius 3 is 2.60 bits per heavy atom. The lowest BCUT2D eigenvalue weighted by molar-refractivity contribution is -0.137. The van der Waals surface area contributed by atoms with E-state index in [1.54, 1.807) is 4.90 Å². The van der Waals surface area contributed by atoms with E-state index < -0.39 is 11.7 Å². The zero-order valence-corrected chi connectivity index (χ0v) is 11.3. The fraction of sp³-hybridized carbons (Fsp3) is 0.538. The van der Waals surface area contributed by atoms with Gasteiger partial charge in [0.2, 0.25) is 0 Å². The van der Waals surface area contributed by atoms with Crippen molar-refractivity contribution in [2.45, 2.75) is 25.6 Å². The molecule has 1 saturated heterocycles. The van der Waals surface area contributed by atoms with Crippen LogP contribution in [0.4, 0.5) is 13.2 Å². The summed E-state index contributed by atoms with van der Waals surface area (Å²) in [5, 5.41) is 3.18. The Bertz CT molecular complexity index is 497. The number of alkyl halides is 3. The van der Waals surface area contributed by atoms with Gasteiger partial charge in [-0.2, -0.15) is 13.2 Å². The van der Waals surface area contributed by atoms with Gasteiger partial charge in [0.05, 0.1) is 11.1 Å². The highest BCUT2D eigenvalue weighted by molar-refractivity contribution is 5.93. The average Bonchev–Trinajstić information content (AvgIpc) is 2.36. The van der Waals surface area contributed by atoms with Gasteiger partial charge in [0.15, 0.2) is 0 Å². The van der Waals surface area contributed by atoms with Crippen LogP contribution in [0, 0.1) is 0 Å². The molecule has 4 nitrogen and oxygen atoms in total. The van der Waals surface area contributed by atoms with E-state index in [1.165, 1.54) is 0 Å². The van der Waals surface area contributed by atoms with Gasteiger partial charge < -0.3 is 10.2 Å². The first-order valence-electron chi connectivity index (χ1n) is 6.28. The predicted octanol–water partition coefficient (Wildman–Crippen LogP) is 1.92. The van der Waals surface area contributed by atoms with Gasteiger partial charge >= 0.3 is 6.18 Å².